The highest BCUT2D eigenvalue weighted by atomic mass is 35.5. The molecule has 0 amide bonds. The lowest BCUT2D eigenvalue weighted by molar-refractivity contribution is -0.289. The Balaban J connectivity index is 1.17. The normalized spacial score (nSPS) is 25.7. The van der Waals surface area contributed by atoms with Crippen LogP contribution >= 0.6 is 11.6 Å². The van der Waals surface area contributed by atoms with E-state index in [1.54, 1.807) is 0 Å². The van der Waals surface area contributed by atoms with Gasteiger partial charge in [-0.25, -0.2) is 0 Å². The van der Waals surface area contributed by atoms with Gasteiger partial charge in [0.25, 0.3) is 0 Å². The number of rotatable bonds is 12. The minimum Gasteiger partial charge on any atom is -0.354 e. The van der Waals surface area contributed by atoms with Crippen molar-refractivity contribution in [3.8, 4) is 0 Å². The maximum atomic E-state index is 6.34. The Hall–Kier alpha value is -1.46. The van der Waals surface area contributed by atoms with Crippen molar-refractivity contribution < 1.29 is 37.9 Å². The standard InChI is InChI=1S/C32H55ClN6O8/c1-29(2)40-13-21(14-41-29)25(22-15-42-30(3,4)43-16-22)9-10-34-27-36-26(33)37-28(38-27)35-11-12-39(23-17-44-31(5,6)45-18-23)24-19-46-32(7,8)47-20-24/h21-25H,9-20H2,1-8H3,(H2,34,35,36,37,38). The van der Waals surface area contributed by atoms with Crippen molar-refractivity contribution in [2.24, 2.45) is 17.8 Å². The first kappa shape index (κ1) is 36.8. The van der Waals surface area contributed by atoms with E-state index >= 15 is 0 Å². The highest BCUT2D eigenvalue weighted by Crippen LogP contribution is 2.35. The lowest BCUT2D eigenvalue weighted by Gasteiger charge is -2.46. The largest absolute Gasteiger partial charge is 0.354 e. The van der Waals surface area contributed by atoms with Gasteiger partial charge in [0.05, 0.1) is 64.9 Å². The molecule has 5 rings (SSSR count). The fraction of sp³-hybridized carbons (Fsp3) is 0.906. The Morgan fingerprint density at radius 2 is 0.957 bits per heavy atom. The first-order valence-corrected chi connectivity index (χ1v) is 17.2. The summed E-state index contributed by atoms with van der Waals surface area (Å²) in [7, 11) is 0. The van der Waals surface area contributed by atoms with Crippen LogP contribution in [-0.2, 0) is 37.9 Å². The Morgan fingerprint density at radius 1 is 0.596 bits per heavy atom. The first-order valence-electron chi connectivity index (χ1n) is 16.9. The lowest BCUT2D eigenvalue weighted by atomic mass is 9.79. The number of ether oxygens (including phenoxy) is 8. The second-order valence-corrected chi connectivity index (χ2v) is 15.0. The molecular weight excluding hydrogens is 632 g/mol. The summed E-state index contributed by atoms with van der Waals surface area (Å²) in [6.45, 7) is 22.0. The van der Waals surface area contributed by atoms with E-state index < -0.39 is 23.1 Å². The van der Waals surface area contributed by atoms with E-state index in [4.69, 9.17) is 49.5 Å². The van der Waals surface area contributed by atoms with Crippen LogP contribution in [0.4, 0.5) is 11.9 Å². The smallest absolute Gasteiger partial charge is 0.228 e. The molecule has 1 aromatic heterocycles. The molecule has 14 nitrogen and oxygen atoms in total. The van der Waals surface area contributed by atoms with Crippen LogP contribution in [0.5, 0.6) is 0 Å². The Morgan fingerprint density at radius 3 is 1.36 bits per heavy atom. The van der Waals surface area contributed by atoms with Crippen molar-refractivity contribution in [2.75, 3.05) is 83.1 Å². The van der Waals surface area contributed by atoms with Crippen LogP contribution < -0.4 is 10.6 Å². The van der Waals surface area contributed by atoms with Gasteiger partial charge in [-0.2, -0.15) is 15.0 Å². The highest BCUT2D eigenvalue weighted by Gasteiger charge is 2.40. The number of nitrogens with one attached hydrogen (secondary N) is 2. The van der Waals surface area contributed by atoms with Crippen LogP contribution in [0.2, 0.25) is 5.28 Å². The van der Waals surface area contributed by atoms with Gasteiger partial charge >= 0.3 is 0 Å². The quantitative estimate of drug-likeness (QED) is 0.330. The van der Waals surface area contributed by atoms with Crippen molar-refractivity contribution in [3.63, 3.8) is 0 Å². The average Bonchev–Trinajstić information content (AvgIpc) is 2.99. The molecular formula is C32H55ClN6O8. The molecule has 0 radical (unpaired) electrons. The molecule has 0 unspecified atom stereocenters. The molecule has 1 aromatic rings. The molecule has 4 aliphatic rings. The molecule has 0 bridgehead atoms. The third kappa shape index (κ3) is 10.8. The lowest BCUT2D eigenvalue weighted by Crippen LogP contribution is -2.59. The summed E-state index contributed by atoms with van der Waals surface area (Å²) in [5.74, 6) is -0.888. The molecule has 0 atom stereocenters. The number of anilines is 2. The Bertz CT molecular complexity index is 996. The van der Waals surface area contributed by atoms with Crippen LogP contribution in [0.25, 0.3) is 0 Å². The second-order valence-electron chi connectivity index (χ2n) is 14.7. The molecule has 4 aliphatic heterocycles. The number of hydrogen-bond acceptors (Lipinski definition) is 14. The van der Waals surface area contributed by atoms with Gasteiger partial charge in [-0.15, -0.1) is 0 Å². The SMILES string of the molecule is CC1(C)OCC(C(CCNc2nc(Cl)nc(NCCN(C3COC(C)(C)OC3)C3COC(C)(C)OC3)n2)C2COC(C)(C)OC2)CO1. The zero-order chi connectivity index (χ0) is 33.9. The van der Waals surface area contributed by atoms with Gasteiger partial charge in [-0.3, -0.25) is 4.90 Å². The predicted molar refractivity (Wildman–Crippen MR) is 175 cm³/mol. The van der Waals surface area contributed by atoms with Gasteiger partial charge in [0.15, 0.2) is 23.1 Å². The summed E-state index contributed by atoms with van der Waals surface area (Å²) in [4.78, 5) is 15.6. The summed E-state index contributed by atoms with van der Waals surface area (Å²) in [5.41, 5.74) is 0. The van der Waals surface area contributed by atoms with Crippen LogP contribution in [0, 0.1) is 17.8 Å². The van der Waals surface area contributed by atoms with Crippen LogP contribution in [0.1, 0.15) is 61.8 Å². The molecule has 0 saturated carbocycles. The van der Waals surface area contributed by atoms with Gasteiger partial charge in [0.2, 0.25) is 17.2 Å². The van der Waals surface area contributed by atoms with E-state index in [-0.39, 0.29) is 35.1 Å². The number of halogens is 1. The highest BCUT2D eigenvalue weighted by molar-refractivity contribution is 6.28. The van der Waals surface area contributed by atoms with E-state index in [0.29, 0.717) is 84.4 Å². The predicted octanol–water partition coefficient (Wildman–Crippen LogP) is 3.76. The minimum atomic E-state index is -0.600. The molecule has 0 spiro atoms. The van der Waals surface area contributed by atoms with Gasteiger partial charge in [0, 0.05) is 31.5 Å². The fourth-order valence-corrected chi connectivity index (χ4v) is 6.49. The van der Waals surface area contributed by atoms with Gasteiger partial charge in [-0.1, -0.05) is 0 Å². The van der Waals surface area contributed by atoms with Crippen molar-refractivity contribution >= 4 is 23.5 Å². The fourth-order valence-electron chi connectivity index (χ4n) is 6.33. The van der Waals surface area contributed by atoms with Gasteiger partial charge in [-0.05, 0) is 79.3 Å². The van der Waals surface area contributed by atoms with Crippen molar-refractivity contribution in [1.29, 1.82) is 0 Å². The summed E-state index contributed by atoms with van der Waals surface area (Å²) in [6.07, 6.45) is 0.821. The van der Waals surface area contributed by atoms with E-state index in [0.717, 1.165) is 6.42 Å². The minimum absolute atomic E-state index is 0.0485. The van der Waals surface area contributed by atoms with E-state index in [1.165, 1.54) is 0 Å². The van der Waals surface area contributed by atoms with Crippen molar-refractivity contribution in [2.45, 2.75) is 97.0 Å². The molecule has 4 fully saturated rings. The van der Waals surface area contributed by atoms with Crippen molar-refractivity contribution in [1.82, 2.24) is 19.9 Å². The first-order chi connectivity index (χ1) is 22.1. The van der Waals surface area contributed by atoms with Crippen LogP contribution in [-0.4, -0.2) is 128 Å². The maximum absolute atomic E-state index is 6.34. The van der Waals surface area contributed by atoms with Crippen molar-refractivity contribution in [3.05, 3.63) is 5.28 Å². The second kappa shape index (κ2) is 15.2. The zero-order valence-corrected chi connectivity index (χ0v) is 30.1. The molecule has 268 valence electrons. The Kier molecular flexibility index (Phi) is 11.9. The third-order valence-electron chi connectivity index (χ3n) is 9.24. The summed E-state index contributed by atoms with van der Waals surface area (Å²) in [5, 5.41) is 6.80. The monoisotopic (exact) mass is 686 g/mol. The molecule has 2 N–H and O–H groups in total. The summed E-state index contributed by atoms with van der Waals surface area (Å²) >= 11 is 6.34. The van der Waals surface area contributed by atoms with Crippen LogP contribution in [0.15, 0.2) is 0 Å². The van der Waals surface area contributed by atoms with E-state index in [2.05, 4.69) is 30.5 Å². The summed E-state index contributed by atoms with van der Waals surface area (Å²) in [6, 6.07) is 0.0971. The zero-order valence-electron chi connectivity index (χ0n) is 29.3. The molecule has 15 heteroatoms. The average molecular weight is 687 g/mol. The number of hydrogen-bond donors (Lipinski definition) is 2. The maximum Gasteiger partial charge on any atom is 0.228 e. The van der Waals surface area contributed by atoms with Gasteiger partial charge in [0.1, 0.15) is 0 Å². The molecule has 47 heavy (non-hydrogen) atoms. The van der Waals surface area contributed by atoms with Gasteiger partial charge < -0.3 is 48.5 Å². The summed E-state index contributed by atoms with van der Waals surface area (Å²) < 4.78 is 48.0. The number of aromatic nitrogens is 3. The molecule has 0 aromatic carbocycles. The Labute approximate surface area is 284 Å². The topological polar surface area (TPSA) is 140 Å². The molecule has 0 aliphatic carbocycles. The molecule has 5 heterocycles. The van der Waals surface area contributed by atoms with Crippen LogP contribution in [0.3, 0.4) is 0 Å². The van der Waals surface area contributed by atoms with E-state index in [1.807, 2.05) is 55.4 Å². The third-order valence-corrected chi connectivity index (χ3v) is 9.41. The van der Waals surface area contributed by atoms with E-state index in [9.17, 15) is 0 Å². The number of nitrogens with zero attached hydrogens (tertiary/aromatic N) is 4. The molecule has 4 saturated heterocycles.